The van der Waals surface area contributed by atoms with Gasteiger partial charge in [0.15, 0.2) is 12.4 Å². The van der Waals surface area contributed by atoms with Gasteiger partial charge in [-0.05, 0) is 51.1 Å². The van der Waals surface area contributed by atoms with Crippen LogP contribution in [0.2, 0.25) is 0 Å². The minimum Gasteiger partial charge on any atom is -0.494 e. The van der Waals surface area contributed by atoms with Crippen LogP contribution in [0.4, 0.5) is 0 Å². The van der Waals surface area contributed by atoms with Crippen molar-refractivity contribution in [1.29, 1.82) is 0 Å². The zero-order chi connectivity index (χ0) is 23.1. The summed E-state index contributed by atoms with van der Waals surface area (Å²) in [7, 11) is 0. The minimum atomic E-state index is -0.567. The highest BCUT2D eigenvalue weighted by molar-refractivity contribution is 6.00. The standard InChI is InChI=1S/C26H27NO5/c1-4-31-22-12-10-21(11-13-22)27-18(2)16-23(19(27)3)25(29)17-32-26(30)15-14-24(28)20-8-6-5-7-9-20/h5-13,16H,4,14-15,17H2,1-3H3. The van der Waals surface area contributed by atoms with E-state index in [2.05, 4.69) is 0 Å². The van der Waals surface area contributed by atoms with Crippen LogP contribution in [0.1, 0.15) is 51.9 Å². The van der Waals surface area contributed by atoms with E-state index in [0.29, 0.717) is 17.7 Å². The number of nitrogens with zero attached hydrogens (tertiary/aromatic N) is 1. The number of carbonyl (C=O) groups is 3. The Morgan fingerprint density at radius 3 is 2.22 bits per heavy atom. The van der Waals surface area contributed by atoms with Crippen molar-refractivity contribution in [2.75, 3.05) is 13.2 Å². The van der Waals surface area contributed by atoms with Gasteiger partial charge in [-0.3, -0.25) is 14.4 Å². The number of hydrogen-bond donors (Lipinski definition) is 0. The molecular formula is C26H27NO5. The van der Waals surface area contributed by atoms with Crippen LogP contribution in [-0.2, 0) is 9.53 Å². The van der Waals surface area contributed by atoms with Crippen molar-refractivity contribution in [3.05, 3.63) is 83.2 Å². The molecule has 6 nitrogen and oxygen atoms in total. The predicted molar refractivity (Wildman–Crippen MR) is 122 cm³/mol. The summed E-state index contributed by atoms with van der Waals surface area (Å²) in [6.07, 6.45) is -0.0184. The number of carbonyl (C=O) groups excluding carboxylic acids is 3. The molecule has 3 aromatic rings. The smallest absolute Gasteiger partial charge is 0.306 e. The van der Waals surface area contributed by atoms with E-state index in [0.717, 1.165) is 22.8 Å². The lowest BCUT2D eigenvalue weighted by molar-refractivity contribution is -0.142. The van der Waals surface area contributed by atoms with E-state index in [9.17, 15) is 14.4 Å². The Bertz CT molecular complexity index is 1100. The Labute approximate surface area is 187 Å². The summed E-state index contributed by atoms with van der Waals surface area (Å²) < 4.78 is 12.6. The fraction of sp³-hybridized carbons (Fsp3) is 0.269. The van der Waals surface area contributed by atoms with Crippen LogP contribution in [0.5, 0.6) is 5.75 Å². The van der Waals surface area contributed by atoms with Crippen LogP contribution in [0.3, 0.4) is 0 Å². The second kappa shape index (κ2) is 10.6. The lowest BCUT2D eigenvalue weighted by atomic mass is 10.1. The third kappa shape index (κ3) is 5.52. The number of hydrogen-bond acceptors (Lipinski definition) is 5. The van der Waals surface area contributed by atoms with E-state index in [1.807, 2.05) is 55.7 Å². The number of aromatic nitrogens is 1. The zero-order valence-corrected chi connectivity index (χ0v) is 18.6. The van der Waals surface area contributed by atoms with Crippen LogP contribution in [0, 0.1) is 13.8 Å². The van der Waals surface area contributed by atoms with Gasteiger partial charge in [0.2, 0.25) is 5.78 Å². The molecule has 0 radical (unpaired) electrons. The number of esters is 1. The molecule has 0 aliphatic rings. The van der Waals surface area contributed by atoms with Gasteiger partial charge in [-0.15, -0.1) is 0 Å². The summed E-state index contributed by atoms with van der Waals surface area (Å²) >= 11 is 0. The van der Waals surface area contributed by atoms with Gasteiger partial charge in [-0.1, -0.05) is 30.3 Å². The van der Waals surface area contributed by atoms with Gasteiger partial charge < -0.3 is 14.0 Å². The fourth-order valence-corrected chi connectivity index (χ4v) is 3.58. The van der Waals surface area contributed by atoms with Gasteiger partial charge in [0.1, 0.15) is 5.75 Å². The third-order valence-corrected chi connectivity index (χ3v) is 5.15. The topological polar surface area (TPSA) is 74.6 Å². The lowest BCUT2D eigenvalue weighted by Crippen LogP contribution is -2.15. The Morgan fingerprint density at radius 1 is 0.875 bits per heavy atom. The molecule has 0 unspecified atom stereocenters. The van der Waals surface area contributed by atoms with E-state index < -0.39 is 5.97 Å². The van der Waals surface area contributed by atoms with Gasteiger partial charge >= 0.3 is 5.97 Å². The van der Waals surface area contributed by atoms with E-state index >= 15 is 0 Å². The Kier molecular flexibility index (Phi) is 7.60. The molecule has 6 heteroatoms. The van der Waals surface area contributed by atoms with Crippen LogP contribution < -0.4 is 4.74 Å². The number of aryl methyl sites for hydroxylation is 1. The van der Waals surface area contributed by atoms with Crippen molar-refractivity contribution in [3.63, 3.8) is 0 Å². The maximum atomic E-state index is 12.7. The number of ketones is 2. The van der Waals surface area contributed by atoms with Gasteiger partial charge in [-0.2, -0.15) is 0 Å². The first-order chi connectivity index (χ1) is 15.4. The van der Waals surface area contributed by atoms with Crippen molar-refractivity contribution in [3.8, 4) is 11.4 Å². The van der Waals surface area contributed by atoms with E-state index in [4.69, 9.17) is 9.47 Å². The molecule has 0 N–H and O–H groups in total. The van der Waals surface area contributed by atoms with E-state index in [1.165, 1.54) is 0 Å². The van der Waals surface area contributed by atoms with Gasteiger partial charge in [0.25, 0.3) is 0 Å². The maximum absolute atomic E-state index is 12.7. The second-order valence-electron chi connectivity index (χ2n) is 7.42. The van der Waals surface area contributed by atoms with Gasteiger partial charge in [0, 0.05) is 34.6 Å². The quantitative estimate of drug-likeness (QED) is 0.336. The zero-order valence-electron chi connectivity index (χ0n) is 18.6. The second-order valence-corrected chi connectivity index (χ2v) is 7.42. The van der Waals surface area contributed by atoms with Crippen molar-refractivity contribution in [1.82, 2.24) is 4.57 Å². The molecule has 0 amide bonds. The summed E-state index contributed by atoms with van der Waals surface area (Å²) in [5, 5.41) is 0. The average molecular weight is 434 g/mol. The van der Waals surface area contributed by atoms with Gasteiger partial charge in [-0.25, -0.2) is 0 Å². The van der Waals surface area contributed by atoms with Gasteiger partial charge in [0.05, 0.1) is 13.0 Å². The first-order valence-corrected chi connectivity index (χ1v) is 10.6. The van der Waals surface area contributed by atoms with Crippen molar-refractivity contribution in [2.45, 2.75) is 33.6 Å². The molecule has 0 aliphatic carbocycles. The van der Waals surface area contributed by atoms with Crippen molar-refractivity contribution in [2.24, 2.45) is 0 Å². The molecule has 0 atom stereocenters. The highest BCUT2D eigenvalue weighted by Gasteiger charge is 2.19. The lowest BCUT2D eigenvalue weighted by Gasteiger charge is -2.11. The largest absolute Gasteiger partial charge is 0.494 e. The molecule has 0 saturated carbocycles. The average Bonchev–Trinajstić information content (AvgIpc) is 3.11. The first kappa shape index (κ1) is 23.0. The van der Waals surface area contributed by atoms with E-state index in [1.54, 1.807) is 30.3 Å². The molecular weight excluding hydrogens is 406 g/mol. The minimum absolute atomic E-state index is 0.0449. The maximum Gasteiger partial charge on any atom is 0.306 e. The van der Waals surface area contributed by atoms with Crippen LogP contribution >= 0.6 is 0 Å². The molecule has 0 bridgehead atoms. The Morgan fingerprint density at radius 2 is 1.56 bits per heavy atom. The Hall–Kier alpha value is -3.67. The number of ether oxygens (including phenoxy) is 2. The van der Waals surface area contributed by atoms with Crippen LogP contribution in [0.25, 0.3) is 5.69 Å². The summed E-state index contributed by atoms with van der Waals surface area (Å²) in [5.74, 6) is -0.193. The molecule has 3 rings (SSSR count). The molecule has 1 heterocycles. The molecule has 0 saturated heterocycles. The normalized spacial score (nSPS) is 10.6. The molecule has 32 heavy (non-hydrogen) atoms. The molecule has 0 spiro atoms. The molecule has 166 valence electrons. The first-order valence-electron chi connectivity index (χ1n) is 10.6. The summed E-state index contributed by atoms with van der Waals surface area (Å²) in [4.78, 5) is 36.8. The van der Waals surface area contributed by atoms with Crippen LogP contribution in [-0.4, -0.2) is 35.3 Å². The molecule has 1 aromatic heterocycles. The number of Topliss-reactive ketones (excluding diaryl/α,β-unsaturated/α-hetero) is 2. The molecule has 2 aromatic carbocycles. The Balaban J connectivity index is 1.59. The highest BCUT2D eigenvalue weighted by atomic mass is 16.5. The summed E-state index contributed by atoms with van der Waals surface area (Å²) in [6, 6.07) is 18.2. The van der Waals surface area contributed by atoms with Crippen LogP contribution in [0.15, 0.2) is 60.7 Å². The van der Waals surface area contributed by atoms with E-state index in [-0.39, 0.29) is 31.0 Å². The number of benzene rings is 2. The monoisotopic (exact) mass is 433 g/mol. The van der Waals surface area contributed by atoms with Crippen molar-refractivity contribution < 1.29 is 23.9 Å². The fourth-order valence-electron chi connectivity index (χ4n) is 3.58. The highest BCUT2D eigenvalue weighted by Crippen LogP contribution is 2.23. The molecule has 0 aliphatic heterocycles. The molecule has 0 fully saturated rings. The predicted octanol–water partition coefficient (Wildman–Crippen LogP) is 4.88. The van der Waals surface area contributed by atoms with Crippen molar-refractivity contribution >= 4 is 17.5 Å². The summed E-state index contributed by atoms with van der Waals surface area (Å²) in [5.41, 5.74) is 3.64. The summed E-state index contributed by atoms with van der Waals surface area (Å²) in [6.45, 7) is 5.95. The SMILES string of the molecule is CCOc1ccc(-n2c(C)cc(C(=O)COC(=O)CCC(=O)c3ccccc3)c2C)cc1. The number of rotatable bonds is 10. The third-order valence-electron chi connectivity index (χ3n) is 5.15.